The summed E-state index contributed by atoms with van der Waals surface area (Å²) < 4.78 is 26.4. The van der Waals surface area contributed by atoms with Crippen LogP contribution in [0.3, 0.4) is 0 Å². The zero-order valence-electron chi connectivity index (χ0n) is 14.3. The molecule has 4 rings (SSSR count). The number of benzene rings is 2. The van der Waals surface area contributed by atoms with Crippen molar-refractivity contribution >= 4 is 22.7 Å². The number of aromatic nitrogens is 2. The molecule has 6 nitrogen and oxygen atoms in total. The molecule has 2 amide bonds. The van der Waals surface area contributed by atoms with Crippen LogP contribution in [0.15, 0.2) is 42.5 Å². The molecule has 1 aromatic heterocycles. The first-order chi connectivity index (χ1) is 13.0. The standard InChI is InChI=1S/C19H16F2N4O2/c20-14-6-5-12(11-15(14)21)18(26)24-7-9-25(10-8-24)19(27)17-13-3-1-2-4-16(13)22-23-17/h1-6,11H,7-10H2,(H,22,23). The van der Waals surface area contributed by atoms with Gasteiger partial charge in [0, 0.05) is 37.1 Å². The van der Waals surface area contributed by atoms with E-state index in [4.69, 9.17) is 0 Å². The average Bonchev–Trinajstić information content (AvgIpc) is 3.13. The fourth-order valence-electron chi connectivity index (χ4n) is 3.20. The van der Waals surface area contributed by atoms with Crippen LogP contribution >= 0.6 is 0 Å². The Hall–Kier alpha value is -3.29. The maximum atomic E-state index is 13.4. The molecular formula is C19H16F2N4O2. The second kappa shape index (κ2) is 6.79. The first-order valence-electron chi connectivity index (χ1n) is 8.51. The van der Waals surface area contributed by atoms with Gasteiger partial charge >= 0.3 is 0 Å². The van der Waals surface area contributed by atoms with E-state index in [-0.39, 0.29) is 17.4 Å². The topological polar surface area (TPSA) is 69.3 Å². The number of para-hydroxylation sites is 1. The minimum Gasteiger partial charge on any atom is -0.335 e. The Balaban J connectivity index is 1.44. The molecule has 1 fully saturated rings. The number of carbonyl (C=O) groups excluding carboxylic acids is 2. The number of amides is 2. The van der Waals surface area contributed by atoms with Crippen molar-refractivity contribution in [2.45, 2.75) is 0 Å². The van der Waals surface area contributed by atoms with Crippen LogP contribution in [0.25, 0.3) is 10.9 Å². The van der Waals surface area contributed by atoms with Crippen molar-refractivity contribution in [3.05, 3.63) is 65.4 Å². The highest BCUT2D eigenvalue weighted by molar-refractivity contribution is 6.04. The fraction of sp³-hybridized carbons (Fsp3) is 0.211. The van der Waals surface area contributed by atoms with Gasteiger partial charge in [-0.1, -0.05) is 18.2 Å². The van der Waals surface area contributed by atoms with E-state index in [1.165, 1.54) is 11.0 Å². The van der Waals surface area contributed by atoms with Crippen LogP contribution in [0.5, 0.6) is 0 Å². The van der Waals surface area contributed by atoms with Gasteiger partial charge in [0.25, 0.3) is 11.8 Å². The van der Waals surface area contributed by atoms with Gasteiger partial charge in [-0.25, -0.2) is 8.78 Å². The third-order valence-electron chi connectivity index (χ3n) is 4.69. The van der Waals surface area contributed by atoms with E-state index in [0.29, 0.717) is 31.9 Å². The smallest absolute Gasteiger partial charge is 0.275 e. The molecule has 1 saturated heterocycles. The first kappa shape index (κ1) is 17.1. The van der Waals surface area contributed by atoms with Crippen LogP contribution in [0.2, 0.25) is 0 Å². The number of hydrogen-bond donors (Lipinski definition) is 1. The highest BCUT2D eigenvalue weighted by Gasteiger charge is 2.27. The number of halogens is 2. The molecule has 1 aliphatic heterocycles. The van der Waals surface area contributed by atoms with Gasteiger partial charge in [-0.2, -0.15) is 5.10 Å². The minimum absolute atomic E-state index is 0.0898. The zero-order chi connectivity index (χ0) is 19.0. The van der Waals surface area contributed by atoms with E-state index in [2.05, 4.69) is 10.2 Å². The Morgan fingerprint density at radius 1 is 0.889 bits per heavy atom. The molecule has 0 radical (unpaired) electrons. The highest BCUT2D eigenvalue weighted by Crippen LogP contribution is 2.18. The van der Waals surface area contributed by atoms with Crippen LogP contribution in [0.4, 0.5) is 8.78 Å². The Morgan fingerprint density at radius 3 is 2.26 bits per heavy atom. The van der Waals surface area contributed by atoms with Crippen LogP contribution in [-0.4, -0.2) is 58.0 Å². The van der Waals surface area contributed by atoms with Crippen LogP contribution in [0, 0.1) is 11.6 Å². The number of hydrogen-bond acceptors (Lipinski definition) is 3. The molecule has 1 aliphatic rings. The third-order valence-corrected chi connectivity index (χ3v) is 4.69. The number of H-pyrrole nitrogens is 1. The van der Waals surface area contributed by atoms with E-state index in [1.54, 1.807) is 4.90 Å². The van der Waals surface area contributed by atoms with Gasteiger partial charge in [0.05, 0.1) is 5.52 Å². The molecular weight excluding hydrogens is 354 g/mol. The lowest BCUT2D eigenvalue weighted by Crippen LogP contribution is -2.50. The molecule has 3 aromatic rings. The minimum atomic E-state index is -1.06. The van der Waals surface area contributed by atoms with Crippen molar-refractivity contribution < 1.29 is 18.4 Å². The van der Waals surface area contributed by atoms with Gasteiger partial charge in [0.2, 0.25) is 0 Å². The Labute approximate surface area is 153 Å². The molecule has 0 saturated carbocycles. The first-order valence-corrected chi connectivity index (χ1v) is 8.51. The van der Waals surface area contributed by atoms with E-state index >= 15 is 0 Å². The average molecular weight is 370 g/mol. The lowest BCUT2D eigenvalue weighted by Gasteiger charge is -2.34. The lowest BCUT2D eigenvalue weighted by molar-refractivity contribution is 0.0533. The molecule has 1 N–H and O–H groups in total. The summed E-state index contributed by atoms with van der Waals surface area (Å²) in [5.41, 5.74) is 1.23. The van der Waals surface area contributed by atoms with Gasteiger partial charge in [0.15, 0.2) is 17.3 Å². The van der Waals surface area contributed by atoms with Crippen LogP contribution < -0.4 is 0 Å². The quantitative estimate of drug-likeness (QED) is 0.753. The number of piperazine rings is 1. The zero-order valence-corrected chi connectivity index (χ0v) is 14.3. The van der Waals surface area contributed by atoms with Gasteiger partial charge in [-0.3, -0.25) is 14.7 Å². The van der Waals surface area contributed by atoms with Crippen molar-refractivity contribution in [2.24, 2.45) is 0 Å². The normalized spacial score (nSPS) is 14.6. The monoisotopic (exact) mass is 370 g/mol. The summed E-state index contributed by atoms with van der Waals surface area (Å²) in [6, 6.07) is 10.5. The predicted molar refractivity (Wildman–Crippen MR) is 94.3 cm³/mol. The van der Waals surface area contributed by atoms with Gasteiger partial charge < -0.3 is 9.80 Å². The Bertz CT molecular complexity index is 1030. The fourth-order valence-corrected chi connectivity index (χ4v) is 3.20. The summed E-state index contributed by atoms with van der Waals surface area (Å²) in [4.78, 5) is 28.4. The van der Waals surface area contributed by atoms with E-state index in [1.807, 2.05) is 24.3 Å². The molecule has 0 atom stereocenters. The number of nitrogens with one attached hydrogen (secondary N) is 1. The number of nitrogens with zero attached hydrogens (tertiary/aromatic N) is 3. The predicted octanol–water partition coefficient (Wildman–Crippen LogP) is 2.44. The number of carbonyl (C=O) groups is 2. The van der Waals surface area contributed by atoms with Crippen molar-refractivity contribution in [1.29, 1.82) is 0 Å². The summed E-state index contributed by atoms with van der Waals surface area (Å²) in [6.07, 6.45) is 0. The van der Waals surface area contributed by atoms with E-state index in [0.717, 1.165) is 23.0 Å². The largest absolute Gasteiger partial charge is 0.335 e. The molecule has 0 unspecified atom stereocenters. The van der Waals surface area contributed by atoms with Crippen molar-refractivity contribution in [3.8, 4) is 0 Å². The number of rotatable bonds is 2. The summed E-state index contributed by atoms with van der Waals surface area (Å²) in [7, 11) is 0. The van der Waals surface area contributed by atoms with Crippen molar-refractivity contribution in [1.82, 2.24) is 20.0 Å². The molecule has 2 heterocycles. The molecule has 27 heavy (non-hydrogen) atoms. The molecule has 0 aliphatic carbocycles. The van der Waals surface area contributed by atoms with Gasteiger partial charge in [-0.15, -0.1) is 0 Å². The molecule has 0 spiro atoms. The van der Waals surface area contributed by atoms with Crippen molar-refractivity contribution in [3.63, 3.8) is 0 Å². The van der Waals surface area contributed by atoms with Gasteiger partial charge in [0.1, 0.15) is 0 Å². The van der Waals surface area contributed by atoms with Crippen LogP contribution in [-0.2, 0) is 0 Å². The second-order valence-corrected chi connectivity index (χ2v) is 6.33. The Morgan fingerprint density at radius 2 is 1.56 bits per heavy atom. The summed E-state index contributed by atoms with van der Waals surface area (Å²) in [5, 5.41) is 7.71. The maximum absolute atomic E-state index is 13.4. The molecule has 0 bridgehead atoms. The Kier molecular flexibility index (Phi) is 4.31. The van der Waals surface area contributed by atoms with E-state index < -0.39 is 11.6 Å². The van der Waals surface area contributed by atoms with Crippen molar-refractivity contribution in [2.75, 3.05) is 26.2 Å². The van der Waals surface area contributed by atoms with E-state index in [9.17, 15) is 18.4 Å². The molecule has 8 heteroatoms. The highest BCUT2D eigenvalue weighted by atomic mass is 19.2. The second-order valence-electron chi connectivity index (χ2n) is 6.33. The SMILES string of the molecule is O=C(c1ccc(F)c(F)c1)N1CCN(C(=O)c2n[nH]c3ccccc23)CC1. The number of fused-ring (bicyclic) bond motifs is 1. The van der Waals surface area contributed by atoms with Gasteiger partial charge in [-0.05, 0) is 24.3 Å². The lowest BCUT2D eigenvalue weighted by atomic mass is 10.1. The third kappa shape index (κ3) is 3.14. The molecule has 138 valence electrons. The molecule has 2 aromatic carbocycles. The van der Waals surface area contributed by atoms with Crippen LogP contribution in [0.1, 0.15) is 20.8 Å². The summed E-state index contributed by atoms with van der Waals surface area (Å²) in [6.45, 7) is 1.31. The maximum Gasteiger partial charge on any atom is 0.275 e. The summed E-state index contributed by atoms with van der Waals surface area (Å²) in [5.74, 6) is -2.63. The number of aromatic amines is 1. The summed E-state index contributed by atoms with van der Waals surface area (Å²) >= 11 is 0.